The Balaban J connectivity index is 2.17. The molecule has 1 aromatic rings. The number of nitrogens with one attached hydrogen (secondary N) is 1. The molecule has 0 unspecified atom stereocenters. The number of carbonyl (C=O) groups is 2. The largest absolute Gasteiger partial charge is 0.507 e. The maximum atomic E-state index is 12.1. The van der Waals surface area contributed by atoms with Crippen LogP contribution in [0.25, 0.3) is 0 Å². The number of unbranched alkanes of at least 4 members (excludes halogenated alkanes) is 10. The number of anilines is 1. The summed E-state index contributed by atoms with van der Waals surface area (Å²) in [5, 5.41) is 12.7. The highest BCUT2D eigenvalue weighted by molar-refractivity contribution is 6.00. The Kier molecular flexibility index (Phi) is 13.1. The van der Waals surface area contributed by atoms with Crippen molar-refractivity contribution in [2.45, 2.75) is 104 Å². The van der Waals surface area contributed by atoms with E-state index in [0.29, 0.717) is 18.5 Å². The number of aromatic hydroxyl groups is 1. The number of rotatable bonds is 16. The van der Waals surface area contributed by atoms with E-state index in [1.165, 1.54) is 63.9 Å². The second-order valence-electron chi connectivity index (χ2n) is 7.74. The molecule has 28 heavy (non-hydrogen) atoms. The fraction of sp³-hybridized carbons (Fsp3) is 0.667. The molecule has 4 nitrogen and oxygen atoms in total. The molecule has 0 aliphatic heterocycles. The van der Waals surface area contributed by atoms with Crippen LogP contribution in [0.2, 0.25) is 0 Å². The smallest absolute Gasteiger partial charge is 0.224 e. The topological polar surface area (TPSA) is 66.4 Å². The molecule has 0 spiro atoms. The lowest BCUT2D eigenvalue weighted by molar-refractivity contribution is -0.116. The van der Waals surface area contributed by atoms with Crippen LogP contribution in [-0.2, 0) is 4.79 Å². The molecule has 0 saturated heterocycles. The van der Waals surface area contributed by atoms with E-state index in [0.717, 1.165) is 19.3 Å². The molecule has 0 aliphatic rings. The number of hydrogen-bond acceptors (Lipinski definition) is 3. The van der Waals surface area contributed by atoms with Gasteiger partial charge in [-0.25, -0.2) is 0 Å². The van der Waals surface area contributed by atoms with E-state index in [2.05, 4.69) is 12.2 Å². The van der Waals surface area contributed by atoms with Gasteiger partial charge in [0.05, 0.1) is 5.56 Å². The molecule has 0 aliphatic carbocycles. The fourth-order valence-corrected chi connectivity index (χ4v) is 3.37. The Bertz CT molecular complexity index is 583. The van der Waals surface area contributed by atoms with Crippen LogP contribution in [0.15, 0.2) is 18.2 Å². The summed E-state index contributed by atoms with van der Waals surface area (Å²) in [6.45, 7) is 4.17. The van der Waals surface area contributed by atoms with Crippen molar-refractivity contribution in [1.29, 1.82) is 0 Å². The van der Waals surface area contributed by atoms with Crippen molar-refractivity contribution < 1.29 is 14.7 Å². The first-order chi connectivity index (χ1) is 13.6. The van der Waals surface area contributed by atoms with Crippen LogP contribution in [0, 0.1) is 0 Å². The maximum absolute atomic E-state index is 12.1. The van der Waals surface area contributed by atoms with Crippen molar-refractivity contribution >= 4 is 17.4 Å². The number of phenols is 1. The van der Waals surface area contributed by atoms with E-state index < -0.39 is 0 Å². The van der Waals surface area contributed by atoms with Crippen LogP contribution in [0.3, 0.4) is 0 Å². The SMILES string of the molecule is CCCCCCCCCCCCCC(=O)Nc1ccc(O)c(C(=O)CCC)c1. The first kappa shape index (κ1) is 24.2. The van der Waals surface area contributed by atoms with E-state index in [1.807, 2.05) is 6.92 Å². The summed E-state index contributed by atoms with van der Waals surface area (Å²) in [5.41, 5.74) is 0.861. The highest BCUT2D eigenvalue weighted by Gasteiger charge is 2.12. The van der Waals surface area contributed by atoms with Crippen molar-refractivity contribution in [3.05, 3.63) is 23.8 Å². The van der Waals surface area contributed by atoms with Crippen LogP contribution in [0.5, 0.6) is 5.75 Å². The molecule has 2 N–H and O–H groups in total. The molecule has 0 saturated carbocycles. The maximum Gasteiger partial charge on any atom is 0.224 e. The number of phenolic OH excluding ortho intramolecular Hbond substituents is 1. The second-order valence-corrected chi connectivity index (χ2v) is 7.74. The zero-order valence-electron chi connectivity index (χ0n) is 17.9. The average Bonchev–Trinajstić information content (AvgIpc) is 2.67. The van der Waals surface area contributed by atoms with Crippen molar-refractivity contribution in [1.82, 2.24) is 0 Å². The van der Waals surface area contributed by atoms with Gasteiger partial charge >= 0.3 is 0 Å². The average molecular weight is 390 g/mol. The Hall–Kier alpha value is -1.84. The Morgan fingerprint density at radius 1 is 0.786 bits per heavy atom. The molecular formula is C24H39NO3. The van der Waals surface area contributed by atoms with Crippen molar-refractivity contribution in [2.24, 2.45) is 0 Å². The number of benzene rings is 1. The van der Waals surface area contributed by atoms with Gasteiger partial charge in [-0.05, 0) is 31.0 Å². The van der Waals surface area contributed by atoms with Crippen molar-refractivity contribution in [2.75, 3.05) is 5.32 Å². The van der Waals surface area contributed by atoms with Gasteiger partial charge in [0.15, 0.2) is 5.78 Å². The standard InChI is InChI=1S/C24H39NO3/c1-3-5-6-7-8-9-10-11-12-13-14-16-24(28)25-20-17-18-23(27)21(19-20)22(26)15-4-2/h17-19,27H,3-16H2,1-2H3,(H,25,28). The van der Waals surface area contributed by atoms with E-state index >= 15 is 0 Å². The molecule has 0 radical (unpaired) electrons. The molecule has 0 aromatic heterocycles. The van der Waals surface area contributed by atoms with Gasteiger partial charge < -0.3 is 10.4 Å². The third-order valence-corrected chi connectivity index (χ3v) is 5.07. The van der Waals surface area contributed by atoms with Crippen LogP contribution < -0.4 is 5.32 Å². The lowest BCUT2D eigenvalue weighted by Gasteiger charge is -2.09. The second kappa shape index (κ2) is 15.1. The third kappa shape index (κ3) is 10.5. The first-order valence-corrected chi connectivity index (χ1v) is 11.2. The molecule has 0 fully saturated rings. The van der Waals surface area contributed by atoms with Gasteiger partial charge in [0.25, 0.3) is 0 Å². The van der Waals surface area contributed by atoms with E-state index in [1.54, 1.807) is 12.1 Å². The molecule has 0 bridgehead atoms. The number of hydrogen-bond donors (Lipinski definition) is 2. The van der Waals surface area contributed by atoms with E-state index in [-0.39, 0.29) is 23.0 Å². The van der Waals surface area contributed by atoms with Crippen molar-refractivity contribution in [3.63, 3.8) is 0 Å². The van der Waals surface area contributed by atoms with Crippen LogP contribution in [0.4, 0.5) is 5.69 Å². The van der Waals surface area contributed by atoms with Gasteiger partial charge in [0.2, 0.25) is 5.91 Å². The molecule has 1 amide bonds. The molecule has 0 atom stereocenters. The number of Topliss-reactive ketones (excluding diaryl/α,β-unsaturated/α-hetero) is 1. The van der Waals surface area contributed by atoms with Gasteiger partial charge in [0.1, 0.15) is 5.75 Å². The highest BCUT2D eigenvalue weighted by Crippen LogP contribution is 2.23. The van der Waals surface area contributed by atoms with Gasteiger partial charge in [-0.1, -0.05) is 78.1 Å². The van der Waals surface area contributed by atoms with Gasteiger partial charge in [-0.2, -0.15) is 0 Å². The van der Waals surface area contributed by atoms with E-state index in [4.69, 9.17) is 0 Å². The molecule has 1 rings (SSSR count). The van der Waals surface area contributed by atoms with E-state index in [9.17, 15) is 14.7 Å². The quantitative estimate of drug-likeness (QED) is 0.181. The van der Waals surface area contributed by atoms with Gasteiger partial charge in [0, 0.05) is 18.5 Å². The lowest BCUT2D eigenvalue weighted by Crippen LogP contribution is -2.11. The minimum absolute atomic E-state index is 0.0261. The van der Waals surface area contributed by atoms with Crippen LogP contribution in [-0.4, -0.2) is 16.8 Å². The zero-order valence-corrected chi connectivity index (χ0v) is 17.9. The van der Waals surface area contributed by atoms with Crippen molar-refractivity contribution in [3.8, 4) is 5.75 Å². The van der Waals surface area contributed by atoms with Gasteiger partial charge in [-0.15, -0.1) is 0 Å². The summed E-state index contributed by atoms with van der Waals surface area (Å²) in [6, 6.07) is 4.68. The summed E-state index contributed by atoms with van der Waals surface area (Å²) in [7, 11) is 0. The molecule has 0 heterocycles. The normalized spacial score (nSPS) is 10.8. The van der Waals surface area contributed by atoms with Gasteiger partial charge in [-0.3, -0.25) is 9.59 Å². The Morgan fingerprint density at radius 2 is 1.36 bits per heavy atom. The fourth-order valence-electron chi connectivity index (χ4n) is 3.37. The first-order valence-electron chi connectivity index (χ1n) is 11.2. The minimum Gasteiger partial charge on any atom is -0.507 e. The predicted molar refractivity (Wildman–Crippen MR) is 117 cm³/mol. The summed E-state index contributed by atoms with van der Waals surface area (Å²) >= 11 is 0. The summed E-state index contributed by atoms with van der Waals surface area (Å²) < 4.78 is 0. The highest BCUT2D eigenvalue weighted by atomic mass is 16.3. The monoisotopic (exact) mass is 389 g/mol. The molecule has 4 heteroatoms. The molecule has 1 aromatic carbocycles. The minimum atomic E-state index is -0.0959. The predicted octanol–water partition coefficient (Wildman–Crippen LogP) is 7.01. The number of amides is 1. The third-order valence-electron chi connectivity index (χ3n) is 5.07. The summed E-state index contributed by atoms with van der Waals surface area (Å²) in [6.07, 6.45) is 15.5. The van der Waals surface area contributed by atoms with Crippen LogP contribution >= 0.6 is 0 Å². The van der Waals surface area contributed by atoms with Crippen LogP contribution in [0.1, 0.15) is 114 Å². The molecular weight excluding hydrogens is 350 g/mol. The Morgan fingerprint density at radius 3 is 1.93 bits per heavy atom. The number of ketones is 1. The lowest BCUT2D eigenvalue weighted by atomic mass is 10.0. The summed E-state index contributed by atoms with van der Waals surface area (Å²) in [4.78, 5) is 24.1. The summed E-state index contributed by atoms with van der Waals surface area (Å²) in [5.74, 6) is -0.154. The number of carbonyl (C=O) groups excluding carboxylic acids is 2. The zero-order chi connectivity index (χ0) is 20.6. The molecule has 158 valence electrons. The Labute approximate surface area is 171 Å².